The Labute approximate surface area is 196 Å². The molecule has 2 aliphatic carbocycles. The molecule has 2 aromatic rings. The lowest BCUT2D eigenvalue weighted by atomic mass is 9.53. The molecule has 2 saturated carbocycles. The van der Waals surface area contributed by atoms with Crippen molar-refractivity contribution in [3.05, 3.63) is 71.8 Å². The zero-order valence-electron chi connectivity index (χ0n) is 20.8. The molecule has 2 fully saturated rings. The summed E-state index contributed by atoms with van der Waals surface area (Å²) in [4.78, 5) is 0. The van der Waals surface area contributed by atoms with Crippen molar-refractivity contribution >= 4 is 11.3 Å². The Hall–Kier alpha value is -2.02. The first kappa shape index (κ1) is 23.1. The van der Waals surface area contributed by atoms with Crippen molar-refractivity contribution in [2.24, 2.45) is 16.7 Å². The van der Waals surface area contributed by atoms with Crippen LogP contribution in [-0.2, 0) is 0 Å². The highest BCUT2D eigenvalue weighted by molar-refractivity contribution is 5.78. The standard InChI is InChI=1S/C31H43N/c1-6-10-25-20-27(26-11-8-7-9-12-26)22-31(21-25)17-15-30(4,16-18-31)24(3)28-14-13-23(2)19-29(28)32-5/h7-9,11-14,19,25,27,32H,3,6,10,15-18,20-22H2,1-2,4-5H3. The first-order chi connectivity index (χ1) is 15.4. The zero-order valence-corrected chi connectivity index (χ0v) is 20.8. The normalized spacial score (nSPS) is 30.2. The molecule has 2 aromatic carbocycles. The Morgan fingerprint density at radius 1 is 1.03 bits per heavy atom. The predicted octanol–water partition coefficient (Wildman–Crippen LogP) is 9.00. The van der Waals surface area contributed by atoms with Crippen molar-refractivity contribution in [2.45, 2.75) is 84.5 Å². The molecule has 0 bridgehead atoms. The lowest BCUT2D eigenvalue weighted by Gasteiger charge is -2.52. The third kappa shape index (κ3) is 4.68. The third-order valence-corrected chi connectivity index (χ3v) is 8.90. The van der Waals surface area contributed by atoms with Crippen LogP contribution in [0.1, 0.15) is 94.2 Å². The molecular weight excluding hydrogens is 386 g/mol. The lowest BCUT2D eigenvalue weighted by Crippen LogP contribution is -2.39. The number of hydrogen-bond donors (Lipinski definition) is 1. The van der Waals surface area contributed by atoms with Gasteiger partial charge in [0.15, 0.2) is 0 Å². The molecule has 0 aliphatic heterocycles. The van der Waals surface area contributed by atoms with Crippen molar-refractivity contribution < 1.29 is 0 Å². The van der Waals surface area contributed by atoms with E-state index in [1.165, 1.54) is 80.2 Å². The Morgan fingerprint density at radius 3 is 2.41 bits per heavy atom. The van der Waals surface area contributed by atoms with Crippen LogP contribution < -0.4 is 5.32 Å². The average molecular weight is 430 g/mol. The quantitative estimate of drug-likeness (QED) is 0.483. The van der Waals surface area contributed by atoms with Crippen LogP contribution in [-0.4, -0.2) is 7.05 Å². The topological polar surface area (TPSA) is 12.0 Å². The number of nitrogens with one attached hydrogen (secondary N) is 1. The van der Waals surface area contributed by atoms with Gasteiger partial charge in [0.2, 0.25) is 0 Å². The summed E-state index contributed by atoms with van der Waals surface area (Å²) in [7, 11) is 2.03. The van der Waals surface area contributed by atoms with Gasteiger partial charge in [0.25, 0.3) is 0 Å². The molecular formula is C31H43N. The highest BCUT2D eigenvalue weighted by Gasteiger charge is 2.46. The van der Waals surface area contributed by atoms with Crippen LogP contribution in [0, 0.1) is 23.7 Å². The average Bonchev–Trinajstić information content (AvgIpc) is 2.81. The van der Waals surface area contributed by atoms with E-state index in [-0.39, 0.29) is 5.41 Å². The number of hydrogen-bond acceptors (Lipinski definition) is 1. The van der Waals surface area contributed by atoms with Gasteiger partial charge < -0.3 is 5.32 Å². The number of aryl methyl sites for hydroxylation is 1. The van der Waals surface area contributed by atoms with Crippen LogP contribution in [0.25, 0.3) is 5.57 Å². The van der Waals surface area contributed by atoms with Gasteiger partial charge >= 0.3 is 0 Å². The van der Waals surface area contributed by atoms with E-state index in [4.69, 9.17) is 0 Å². The number of benzene rings is 2. The van der Waals surface area contributed by atoms with Gasteiger partial charge in [0.1, 0.15) is 0 Å². The van der Waals surface area contributed by atoms with Gasteiger partial charge in [-0.15, -0.1) is 0 Å². The Balaban J connectivity index is 1.53. The van der Waals surface area contributed by atoms with Crippen LogP contribution in [0.3, 0.4) is 0 Å². The molecule has 0 radical (unpaired) electrons. The molecule has 1 N–H and O–H groups in total. The van der Waals surface area contributed by atoms with E-state index in [1.807, 2.05) is 7.05 Å². The van der Waals surface area contributed by atoms with E-state index in [2.05, 4.69) is 81.2 Å². The van der Waals surface area contributed by atoms with Crippen molar-refractivity contribution in [2.75, 3.05) is 12.4 Å². The van der Waals surface area contributed by atoms with Crippen LogP contribution in [0.2, 0.25) is 0 Å². The maximum absolute atomic E-state index is 4.66. The summed E-state index contributed by atoms with van der Waals surface area (Å²) < 4.78 is 0. The first-order valence-corrected chi connectivity index (χ1v) is 12.9. The molecule has 4 rings (SSSR count). The van der Waals surface area contributed by atoms with Gasteiger partial charge in [-0.25, -0.2) is 0 Å². The van der Waals surface area contributed by atoms with Crippen molar-refractivity contribution in [1.29, 1.82) is 0 Å². The molecule has 2 atom stereocenters. The molecule has 0 aromatic heterocycles. The Kier molecular flexibility index (Phi) is 6.84. The van der Waals surface area contributed by atoms with Crippen LogP contribution in [0.4, 0.5) is 5.69 Å². The van der Waals surface area contributed by atoms with Crippen molar-refractivity contribution in [3.8, 4) is 0 Å². The fourth-order valence-electron chi connectivity index (χ4n) is 6.89. The highest BCUT2D eigenvalue weighted by Crippen LogP contribution is 2.60. The minimum atomic E-state index is 0.200. The summed E-state index contributed by atoms with van der Waals surface area (Å²) in [5.41, 5.74) is 7.46. The van der Waals surface area contributed by atoms with E-state index in [9.17, 15) is 0 Å². The van der Waals surface area contributed by atoms with E-state index in [1.54, 1.807) is 5.56 Å². The minimum Gasteiger partial charge on any atom is -0.388 e. The summed E-state index contributed by atoms with van der Waals surface area (Å²) in [5.74, 6) is 1.63. The largest absolute Gasteiger partial charge is 0.388 e. The molecule has 0 saturated heterocycles. The number of allylic oxidation sites excluding steroid dienone is 1. The van der Waals surface area contributed by atoms with Crippen LogP contribution in [0.5, 0.6) is 0 Å². The van der Waals surface area contributed by atoms with Gasteiger partial charge in [-0.05, 0) is 97.3 Å². The summed E-state index contributed by atoms with van der Waals surface area (Å²) in [6.45, 7) is 11.7. The third-order valence-electron chi connectivity index (χ3n) is 8.90. The molecule has 1 heteroatoms. The summed E-state index contributed by atoms with van der Waals surface area (Å²) >= 11 is 0. The molecule has 1 spiro atoms. The molecule has 2 unspecified atom stereocenters. The SMILES string of the molecule is C=C(c1ccc(C)cc1NC)C1(C)CCC2(CC1)CC(CCC)CC(c1ccccc1)C2. The predicted molar refractivity (Wildman–Crippen MR) is 140 cm³/mol. The molecule has 0 amide bonds. The highest BCUT2D eigenvalue weighted by atomic mass is 14.8. The molecule has 172 valence electrons. The smallest absolute Gasteiger partial charge is 0.0416 e. The maximum Gasteiger partial charge on any atom is 0.0416 e. The minimum absolute atomic E-state index is 0.200. The van der Waals surface area contributed by atoms with E-state index >= 15 is 0 Å². The van der Waals surface area contributed by atoms with E-state index in [0.29, 0.717) is 5.41 Å². The molecule has 1 nitrogen and oxygen atoms in total. The van der Waals surface area contributed by atoms with Gasteiger partial charge in [-0.2, -0.15) is 0 Å². The van der Waals surface area contributed by atoms with E-state index < -0.39 is 0 Å². The zero-order chi connectivity index (χ0) is 22.8. The van der Waals surface area contributed by atoms with Gasteiger partial charge in [0.05, 0.1) is 0 Å². The lowest BCUT2D eigenvalue weighted by molar-refractivity contribution is 0.0408. The monoisotopic (exact) mass is 429 g/mol. The van der Waals surface area contributed by atoms with Crippen molar-refractivity contribution in [1.82, 2.24) is 0 Å². The molecule has 0 heterocycles. The fraction of sp³-hybridized carbons (Fsp3) is 0.548. The number of anilines is 1. The van der Waals surface area contributed by atoms with Gasteiger partial charge in [-0.3, -0.25) is 0 Å². The van der Waals surface area contributed by atoms with Gasteiger partial charge in [-0.1, -0.05) is 75.7 Å². The van der Waals surface area contributed by atoms with E-state index in [0.717, 1.165) is 11.8 Å². The molecule has 32 heavy (non-hydrogen) atoms. The fourth-order valence-corrected chi connectivity index (χ4v) is 6.89. The van der Waals surface area contributed by atoms with Crippen molar-refractivity contribution in [3.63, 3.8) is 0 Å². The maximum atomic E-state index is 4.66. The number of rotatable bonds is 6. The Morgan fingerprint density at radius 2 is 1.75 bits per heavy atom. The summed E-state index contributed by atoms with van der Waals surface area (Å²) in [6, 6.07) is 18.1. The summed E-state index contributed by atoms with van der Waals surface area (Å²) in [5, 5.41) is 3.41. The summed E-state index contributed by atoms with van der Waals surface area (Å²) in [6.07, 6.45) is 12.2. The van der Waals surface area contributed by atoms with Gasteiger partial charge in [0, 0.05) is 18.3 Å². The first-order valence-electron chi connectivity index (χ1n) is 12.9. The second-order valence-electron chi connectivity index (χ2n) is 11.2. The second-order valence-corrected chi connectivity index (χ2v) is 11.2. The molecule has 2 aliphatic rings. The Bertz CT molecular complexity index is 917. The second kappa shape index (κ2) is 9.46. The van der Waals surface area contributed by atoms with Crippen LogP contribution in [0.15, 0.2) is 55.1 Å². The van der Waals surface area contributed by atoms with Crippen LogP contribution >= 0.6 is 0 Å².